The second-order valence-electron chi connectivity index (χ2n) is 5.80. The van der Waals surface area contributed by atoms with Gasteiger partial charge in [-0.05, 0) is 20.8 Å². The third-order valence-corrected chi connectivity index (χ3v) is 3.32. The number of esters is 2. The van der Waals surface area contributed by atoms with Crippen LogP contribution in [0.1, 0.15) is 34.6 Å². The van der Waals surface area contributed by atoms with E-state index < -0.39 is 41.5 Å². The van der Waals surface area contributed by atoms with Crippen molar-refractivity contribution in [2.75, 3.05) is 6.61 Å². The Balaban J connectivity index is 2.35. The molecule has 0 aromatic heterocycles. The predicted octanol–water partition coefficient (Wildman–Crippen LogP) is -0.000700. The molecule has 0 spiro atoms. The normalized spacial score (nSPS) is 40.5. The Hall–Kier alpha value is -1.26. The Bertz CT molecular complexity index is 476. The third kappa shape index (κ3) is 2.95. The highest BCUT2D eigenvalue weighted by molar-refractivity contribution is 5.67. The van der Waals surface area contributed by atoms with E-state index >= 15 is 0 Å². The van der Waals surface area contributed by atoms with Crippen molar-refractivity contribution in [2.45, 2.75) is 64.2 Å². The van der Waals surface area contributed by atoms with Crippen molar-refractivity contribution >= 4 is 11.9 Å². The van der Waals surface area contributed by atoms with Crippen LogP contribution < -0.4 is 0 Å². The van der Waals surface area contributed by atoms with Crippen LogP contribution in [0.15, 0.2) is 0 Å². The van der Waals surface area contributed by atoms with E-state index in [2.05, 4.69) is 0 Å². The van der Waals surface area contributed by atoms with Crippen molar-refractivity contribution in [1.82, 2.24) is 0 Å². The van der Waals surface area contributed by atoms with Crippen molar-refractivity contribution in [2.24, 2.45) is 0 Å². The molecule has 0 aliphatic carbocycles. The molecule has 2 rings (SSSR count). The SMILES string of the molecule is CC(=O)O[C@@H]1[C@H](OC(C)=O)CO[C@@]2(C)OC(C)(C)OOC12O. The Morgan fingerprint density at radius 1 is 1.09 bits per heavy atom. The molecule has 0 saturated carbocycles. The first-order valence-corrected chi connectivity index (χ1v) is 6.77. The lowest BCUT2D eigenvalue weighted by Crippen LogP contribution is -2.76. The molecule has 0 aromatic carbocycles. The highest BCUT2D eigenvalue weighted by atomic mass is 17.3. The van der Waals surface area contributed by atoms with Crippen LogP contribution in [0.3, 0.4) is 0 Å². The molecule has 0 bridgehead atoms. The van der Waals surface area contributed by atoms with Gasteiger partial charge in [-0.1, -0.05) is 0 Å². The largest absolute Gasteiger partial charge is 0.456 e. The van der Waals surface area contributed by atoms with Crippen LogP contribution in [0.25, 0.3) is 0 Å². The average Bonchev–Trinajstić information content (AvgIpc) is 2.34. The fraction of sp³-hybridized carbons (Fsp3) is 0.846. The molecule has 0 radical (unpaired) electrons. The Morgan fingerprint density at radius 2 is 1.68 bits per heavy atom. The van der Waals surface area contributed by atoms with Gasteiger partial charge in [0.15, 0.2) is 11.9 Å². The number of hydrogen-bond donors (Lipinski definition) is 1. The van der Waals surface area contributed by atoms with Gasteiger partial charge in [0.2, 0.25) is 11.9 Å². The second-order valence-corrected chi connectivity index (χ2v) is 5.80. The Morgan fingerprint density at radius 3 is 2.23 bits per heavy atom. The number of aliphatic hydroxyl groups is 1. The quantitative estimate of drug-likeness (QED) is 0.555. The summed E-state index contributed by atoms with van der Waals surface area (Å²) in [4.78, 5) is 32.6. The van der Waals surface area contributed by atoms with Gasteiger partial charge in [0.05, 0.1) is 6.61 Å². The highest BCUT2D eigenvalue weighted by Gasteiger charge is 2.69. The number of carbonyl (C=O) groups is 2. The smallest absolute Gasteiger partial charge is 0.303 e. The second kappa shape index (κ2) is 5.43. The van der Waals surface area contributed by atoms with Crippen LogP contribution in [0.4, 0.5) is 0 Å². The van der Waals surface area contributed by atoms with Crippen LogP contribution in [-0.2, 0) is 38.3 Å². The summed E-state index contributed by atoms with van der Waals surface area (Å²) >= 11 is 0. The van der Waals surface area contributed by atoms with E-state index in [-0.39, 0.29) is 6.61 Å². The summed E-state index contributed by atoms with van der Waals surface area (Å²) in [6, 6.07) is 0. The Labute approximate surface area is 127 Å². The molecule has 1 unspecified atom stereocenters. The lowest BCUT2D eigenvalue weighted by Gasteiger charge is -2.55. The van der Waals surface area contributed by atoms with Gasteiger partial charge in [0.25, 0.3) is 5.79 Å². The molecular weight excluding hydrogens is 300 g/mol. The molecule has 2 saturated heterocycles. The molecule has 1 N–H and O–H groups in total. The van der Waals surface area contributed by atoms with E-state index in [0.717, 1.165) is 6.92 Å². The fourth-order valence-corrected chi connectivity index (χ4v) is 2.46. The minimum atomic E-state index is -2.31. The van der Waals surface area contributed by atoms with Crippen LogP contribution in [0.2, 0.25) is 0 Å². The summed E-state index contributed by atoms with van der Waals surface area (Å²) in [7, 11) is 0. The molecule has 9 nitrogen and oxygen atoms in total. The maximum Gasteiger partial charge on any atom is 0.303 e. The summed E-state index contributed by atoms with van der Waals surface area (Å²) in [5.41, 5.74) is 0. The van der Waals surface area contributed by atoms with Crippen LogP contribution in [-0.4, -0.2) is 53.2 Å². The molecule has 126 valence electrons. The maximum absolute atomic E-state index is 11.3. The highest BCUT2D eigenvalue weighted by Crippen LogP contribution is 2.46. The predicted molar refractivity (Wildman–Crippen MR) is 67.7 cm³/mol. The van der Waals surface area contributed by atoms with Gasteiger partial charge < -0.3 is 24.1 Å². The number of fused-ring (bicyclic) bond motifs is 1. The topological polar surface area (TPSA) is 110 Å². The van der Waals surface area contributed by atoms with Crippen LogP contribution in [0, 0.1) is 0 Å². The number of carbonyl (C=O) groups excluding carboxylic acids is 2. The monoisotopic (exact) mass is 320 g/mol. The number of hydrogen-bond acceptors (Lipinski definition) is 9. The average molecular weight is 320 g/mol. The van der Waals surface area contributed by atoms with Crippen molar-refractivity contribution in [3.63, 3.8) is 0 Å². The van der Waals surface area contributed by atoms with Crippen molar-refractivity contribution in [1.29, 1.82) is 0 Å². The van der Waals surface area contributed by atoms with Gasteiger partial charge in [-0.25, -0.2) is 0 Å². The summed E-state index contributed by atoms with van der Waals surface area (Å²) < 4.78 is 21.2. The molecule has 2 aliphatic rings. The summed E-state index contributed by atoms with van der Waals surface area (Å²) in [6.07, 6.45) is -2.46. The molecule has 0 aromatic rings. The lowest BCUT2D eigenvalue weighted by molar-refractivity contribution is -0.626. The van der Waals surface area contributed by atoms with Gasteiger partial charge in [-0.3, -0.25) is 9.59 Å². The molecule has 4 atom stereocenters. The first-order valence-electron chi connectivity index (χ1n) is 6.77. The van der Waals surface area contributed by atoms with Gasteiger partial charge in [0, 0.05) is 13.8 Å². The Kier molecular flexibility index (Phi) is 4.22. The molecule has 22 heavy (non-hydrogen) atoms. The van der Waals surface area contributed by atoms with Crippen molar-refractivity contribution < 1.29 is 43.4 Å². The standard InChI is InChI=1S/C13H20O9/c1-7(14)18-9-6-17-12(5)13(16,10(9)19-8(2)15)22-21-11(3,4)20-12/h9-10,16H,6H2,1-5H3/t9-,10-,12+,13?/m1/s1. The van der Waals surface area contributed by atoms with Gasteiger partial charge >= 0.3 is 11.9 Å². The van der Waals surface area contributed by atoms with Gasteiger partial charge in [0.1, 0.15) is 0 Å². The van der Waals surface area contributed by atoms with Crippen LogP contribution >= 0.6 is 0 Å². The molecule has 0 amide bonds. The van der Waals surface area contributed by atoms with E-state index in [1.165, 1.54) is 13.8 Å². The van der Waals surface area contributed by atoms with E-state index in [0.29, 0.717) is 0 Å². The summed E-state index contributed by atoms with van der Waals surface area (Å²) in [6.45, 7) is 6.70. The van der Waals surface area contributed by atoms with Gasteiger partial charge in [-0.15, -0.1) is 0 Å². The molecular formula is C13H20O9. The van der Waals surface area contributed by atoms with E-state index in [1.54, 1.807) is 13.8 Å². The van der Waals surface area contributed by atoms with E-state index in [1.807, 2.05) is 0 Å². The molecule has 2 fully saturated rings. The lowest BCUT2D eigenvalue weighted by atomic mass is 9.92. The molecule has 9 heteroatoms. The zero-order valence-electron chi connectivity index (χ0n) is 13.1. The molecule has 2 aliphatic heterocycles. The third-order valence-electron chi connectivity index (χ3n) is 3.32. The summed E-state index contributed by atoms with van der Waals surface area (Å²) in [5.74, 6) is -6.53. The fourth-order valence-electron chi connectivity index (χ4n) is 2.46. The molecule has 2 heterocycles. The minimum Gasteiger partial charge on any atom is -0.456 e. The first kappa shape index (κ1) is 17.1. The van der Waals surface area contributed by atoms with Gasteiger partial charge in [-0.2, -0.15) is 9.78 Å². The van der Waals surface area contributed by atoms with Crippen LogP contribution in [0.5, 0.6) is 0 Å². The number of rotatable bonds is 2. The van der Waals surface area contributed by atoms with E-state index in [9.17, 15) is 14.7 Å². The maximum atomic E-state index is 11.3. The zero-order chi connectivity index (χ0) is 16.8. The zero-order valence-corrected chi connectivity index (χ0v) is 13.1. The van der Waals surface area contributed by atoms with Crippen molar-refractivity contribution in [3.05, 3.63) is 0 Å². The van der Waals surface area contributed by atoms with Crippen molar-refractivity contribution in [3.8, 4) is 0 Å². The first-order chi connectivity index (χ1) is 9.99. The minimum absolute atomic E-state index is 0.157. The van der Waals surface area contributed by atoms with E-state index in [4.69, 9.17) is 28.7 Å². The summed E-state index contributed by atoms with van der Waals surface area (Å²) in [5, 5.41) is 10.8. The number of ether oxygens (including phenoxy) is 4.